The number of aryl methyl sites for hydroxylation is 1. The Labute approximate surface area is 142 Å². The Bertz CT molecular complexity index is 679. The molecule has 0 spiro atoms. The van der Waals surface area contributed by atoms with Crippen LogP contribution in [0.3, 0.4) is 0 Å². The predicted octanol–water partition coefficient (Wildman–Crippen LogP) is 2.32. The first-order valence-corrected chi connectivity index (χ1v) is 8.85. The normalized spacial score (nSPS) is 18.0. The molecule has 1 atom stereocenters. The molecule has 0 saturated carbocycles. The lowest BCUT2D eigenvalue weighted by molar-refractivity contribution is 0.284. The van der Waals surface area contributed by atoms with Crippen LogP contribution in [0.2, 0.25) is 0 Å². The first-order valence-electron chi connectivity index (χ1n) is 8.85. The van der Waals surface area contributed by atoms with Crippen molar-refractivity contribution >= 4 is 11.2 Å². The third-order valence-electron chi connectivity index (χ3n) is 4.46. The Hall–Kier alpha value is -1.89. The van der Waals surface area contributed by atoms with E-state index in [-0.39, 0.29) is 0 Å². The van der Waals surface area contributed by atoms with Crippen molar-refractivity contribution < 1.29 is 9.47 Å². The van der Waals surface area contributed by atoms with Crippen LogP contribution in [0.4, 0.5) is 0 Å². The molecule has 1 unspecified atom stereocenters. The molecule has 2 aromatic heterocycles. The fraction of sp³-hybridized carbons (Fsp3) is 0.706. The minimum absolute atomic E-state index is 0.430. The van der Waals surface area contributed by atoms with Crippen molar-refractivity contribution in [3.63, 3.8) is 0 Å². The van der Waals surface area contributed by atoms with Crippen LogP contribution in [0.5, 0.6) is 12.0 Å². The van der Waals surface area contributed by atoms with Gasteiger partial charge in [0.1, 0.15) is 5.52 Å². The molecule has 3 heterocycles. The second-order valence-electron chi connectivity index (χ2n) is 6.39. The summed E-state index contributed by atoms with van der Waals surface area (Å²) in [6.07, 6.45) is 4.50. The molecule has 1 aliphatic rings. The molecule has 7 heteroatoms. The Morgan fingerprint density at radius 3 is 2.88 bits per heavy atom. The van der Waals surface area contributed by atoms with E-state index < -0.39 is 0 Å². The Kier molecular flexibility index (Phi) is 5.50. The first kappa shape index (κ1) is 17.0. The van der Waals surface area contributed by atoms with E-state index in [1.807, 2.05) is 6.92 Å². The van der Waals surface area contributed by atoms with Crippen LogP contribution >= 0.6 is 0 Å². The lowest BCUT2D eigenvalue weighted by atomic mass is 10.00. The van der Waals surface area contributed by atoms with Crippen LogP contribution in [0.15, 0.2) is 0 Å². The summed E-state index contributed by atoms with van der Waals surface area (Å²) in [5.74, 6) is 0.560. The molecule has 132 valence electrons. The zero-order valence-corrected chi connectivity index (χ0v) is 14.8. The summed E-state index contributed by atoms with van der Waals surface area (Å²) in [6.45, 7) is 7.69. The highest BCUT2D eigenvalue weighted by Gasteiger charge is 2.21. The summed E-state index contributed by atoms with van der Waals surface area (Å²) >= 11 is 0. The SMILES string of the molecule is CCCCOc1nc(C)c2nc(OC)n(CC3CCCNC3)c2n1. The molecule has 7 nitrogen and oxygen atoms in total. The topological polar surface area (TPSA) is 74.1 Å². The van der Waals surface area contributed by atoms with Gasteiger partial charge < -0.3 is 14.8 Å². The van der Waals surface area contributed by atoms with Crippen molar-refractivity contribution in [3.8, 4) is 12.0 Å². The van der Waals surface area contributed by atoms with Gasteiger partial charge in [-0.2, -0.15) is 15.0 Å². The number of nitrogens with one attached hydrogen (secondary N) is 1. The number of rotatable bonds is 7. The average Bonchev–Trinajstić information content (AvgIpc) is 2.94. The van der Waals surface area contributed by atoms with Crippen LogP contribution in [0.25, 0.3) is 11.2 Å². The van der Waals surface area contributed by atoms with E-state index in [1.54, 1.807) is 7.11 Å². The fourth-order valence-electron chi connectivity index (χ4n) is 3.12. The van der Waals surface area contributed by atoms with Gasteiger partial charge in [0.15, 0.2) is 5.65 Å². The maximum absolute atomic E-state index is 5.71. The van der Waals surface area contributed by atoms with Crippen LogP contribution in [-0.4, -0.2) is 46.3 Å². The van der Waals surface area contributed by atoms with E-state index in [4.69, 9.17) is 9.47 Å². The molecule has 0 radical (unpaired) electrons. The number of methoxy groups -OCH3 is 1. The van der Waals surface area contributed by atoms with Crippen LogP contribution < -0.4 is 14.8 Å². The summed E-state index contributed by atoms with van der Waals surface area (Å²) in [4.78, 5) is 13.6. The summed E-state index contributed by atoms with van der Waals surface area (Å²) in [7, 11) is 1.65. The molecular formula is C17H27N5O2. The van der Waals surface area contributed by atoms with Gasteiger partial charge in [-0.1, -0.05) is 13.3 Å². The molecular weight excluding hydrogens is 306 g/mol. The Morgan fingerprint density at radius 2 is 2.17 bits per heavy atom. The number of unbranched alkanes of at least 4 members (excludes halogenated alkanes) is 1. The first-order chi connectivity index (χ1) is 11.7. The molecule has 24 heavy (non-hydrogen) atoms. The molecule has 1 fully saturated rings. The maximum atomic E-state index is 5.71. The number of piperidine rings is 1. The van der Waals surface area contributed by atoms with Gasteiger partial charge in [0.25, 0.3) is 6.01 Å². The van der Waals surface area contributed by atoms with Crippen molar-refractivity contribution in [2.45, 2.75) is 46.1 Å². The summed E-state index contributed by atoms with van der Waals surface area (Å²) in [5.41, 5.74) is 2.42. The van der Waals surface area contributed by atoms with Crippen LogP contribution in [0.1, 0.15) is 38.3 Å². The molecule has 1 aliphatic heterocycles. The van der Waals surface area contributed by atoms with Gasteiger partial charge in [-0.05, 0) is 45.2 Å². The van der Waals surface area contributed by atoms with E-state index >= 15 is 0 Å². The summed E-state index contributed by atoms with van der Waals surface area (Å²) < 4.78 is 13.3. The number of nitrogens with zero attached hydrogens (tertiary/aromatic N) is 4. The molecule has 1 N–H and O–H groups in total. The molecule has 3 rings (SSSR count). The lowest BCUT2D eigenvalue weighted by Crippen LogP contribution is -2.32. The van der Waals surface area contributed by atoms with E-state index in [2.05, 4.69) is 31.8 Å². The van der Waals surface area contributed by atoms with Crippen molar-refractivity contribution in [3.05, 3.63) is 5.69 Å². The van der Waals surface area contributed by atoms with Crippen molar-refractivity contribution in [2.75, 3.05) is 26.8 Å². The minimum atomic E-state index is 0.430. The number of imidazole rings is 1. The van der Waals surface area contributed by atoms with Gasteiger partial charge in [0.2, 0.25) is 0 Å². The smallest absolute Gasteiger partial charge is 0.318 e. The largest absolute Gasteiger partial charge is 0.468 e. The van der Waals surface area contributed by atoms with E-state index in [1.165, 1.54) is 12.8 Å². The van der Waals surface area contributed by atoms with Crippen molar-refractivity contribution in [1.82, 2.24) is 24.8 Å². The molecule has 0 bridgehead atoms. The number of hydrogen-bond donors (Lipinski definition) is 1. The van der Waals surface area contributed by atoms with E-state index in [9.17, 15) is 0 Å². The number of ether oxygens (including phenoxy) is 2. The highest BCUT2D eigenvalue weighted by molar-refractivity contribution is 5.75. The van der Waals surface area contributed by atoms with Gasteiger partial charge in [0, 0.05) is 6.54 Å². The third kappa shape index (κ3) is 3.61. The highest BCUT2D eigenvalue weighted by Crippen LogP contribution is 2.26. The quantitative estimate of drug-likeness (QED) is 0.784. The van der Waals surface area contributed by atoms with Gasteiger partial charge in [-0.15, -0.1) is 0 Å². The number of hydrogen-bond acceptors (Lipinski definition) is 6. The number of aromatic nitrogens is 4. The molecule has 0 amide bonds. The Balaban J connectivity index is 1.92. The number of fused-ring (bicyclic) bond motifs is 1. The highest BCUT2D eigenvalue weighted by atomic mass is 16.5. The van der Waals surface area contributed by atoms with Gasteiger partial charge >= 0.3 is 6.01 Å². The van der Waals surface area contributed by atoms with Crippen molar-refractivity contribution in [2.24, 2.45) is 5.92 Å². The molecule has 0 aromatic carbocycles. The van der Waals surface area contributed by atoms with E-state index in [0.29, 0.717) is 24.5 Å². The third-order valence-corrected chi connectivity index (χ3v) is 4.46. The standard InChI is InChI=1S/C17H27N5O2/c1-4-5-9-24-16-19-12(2)14-15(21-16)22(17(20-14)23-3)11-13-7-6-8-18-10-13/h13,18H,4-11H2,1-3H3. The monoisotopic (exact) mass is 333 g/mol. The zero-order chi connectivity index (χ0) is 16.9. The fourth-order valence-corrected chi connectivity index (χ4v) is 3.12. The molecule has 1 saturated heterocycles. The molecule has 0 aliphatic carbocycles. The van der Waals surface area contributed by atoms with Gasteiger partial charge in [0.05, 0.1) is 19.4 Å². The average molecular weight is 333 g/mol. The summed E-state index contributed by atoms with van der Waals surface area (Å²) in [5, 5.41) is 3.46. The van der Waals surface area contributed by atoms with Crippen LogP contribution in [0, 0.1) is 12.8 Å². The van der Waals surface area contributed by atoms with Crippen LogP contribution in [-0.2, 0) is 6.54 Å². The lowest BCUT2D eigenvalue weighted by Gasteiger charge is -2.23. The second-order valence-corrected chi connectivity index (χ2v) is 6.39. The minimum Gasteiger partial charge on any atom is -0.468 e. The maximum Gasteiger partial charge on any atom is 0.318 e. The van der Waals surface area contributed by atoms with E-state index in [0.717, 1.165) is 49.3 Å². The van der Waals surface area contributed by atoms with Crippen molar-refractivity contribution in [1.29, 1.82) is 0 Å². The zero-order valence-electron chi connectivity index (χ0n) is 14.8. The summed E-state index contributed by atoms with van der Waals surface area (Å²) in [6, 6.07) is 1.03. The Morgan fingerprint density at radius 1 is 1.29 bits per heavy atom. The van der Waals surface area contributed by atoms with Gasteiger partial charge in [-0.3, -0.25) is 4.57 Å². The van der Waals surface area contributed by atoms with Gasteiger partial charge in [-0.25, -0.2) is 0 Å². The second kappa shape index (κ2) is 7.79. The molecule has 2 aromatic rings. The predicted molar refractivity (Wildman–Crippen MR) is 92.6 cm³/mol.